The van der Waals surface area contributed by atoms with Crippen molar-refractivity contribution in [2.24, 2.45) is 5.84 Å². The first-order valence-corrected chi connectivity index (χ1v) is 6.64. The maximum absolute atomic E-state index is 5.62. The molecule has 1 fully saturated rings. The van der Waals surface area contributed by atoms with Crippen molar-refractivity contribution in [3.63, 3.8) is 0 Å². The van der Waals surface area contributed by atoms with Crippen LogP contribution in [0.25, 0.3) is 0 Å². The Bertz CT molecular complexity index is 323. The van der Waals surface area contributed by atoms with Crippen molar-refractivity contribution >= 4 is 11.3 Å². The van der Waals surface area contributed by atoms with Gasteiger partial charge in [-0.3, -0.25) is 11.3 Å². The Hall–Kier alpha value is -0.490. The van der Waals surface area contributed by atoms with Gasteiger partial charge < -0.3 is 4.74 Å². The quantitative estimate of drug-likeness (QED) is 0.604. The molecule has 4 nitrogen and oxygen atoms in total. The largest absolute Gasteiger partial charge is 0.378 e. The zero-order valence-electron chi connectivity index (χ0n) is 9.61. The average molecular weight is 241 g/mol. The summed E-state index contributed by atoms with van der Waals surface area (Å²) in [7, 11) is 0. The van der Waals surface area contributed by atoms with E-state index in [0.717, 1.165) is 36.6 Å². The molecule has 0 bridgehead atoms. The van der Waals surface area contributed by atoms with Crippen molar-refractivity contribution in [1.82, 2.24) is 10.4 Å². The van der Waals surface area contributed by atoms with Crippen molar-refractivity contribution in [3.05, 3.63) is 16.1 Å². The fourth-order valence-electron chi connectivity index (χ4n) is 2.07. The summed E-state index contributed by atoms with van der Waals surface area (Å²) in [5, 5.41) is 3.23. The molecule has 2 rings (SSSR count). The topological polar surface area (TPSA) is 60.2 Å². The molecule has 2 atom stereocenters. The molecule has 1 aliphatic rings. The summed E-state index contributed by atoms with van der Waals surface area (Å²) in [4.78, 5) is 4.46. The smallest absolute Gasteiger partial charge is 0.0944 e. The molecular weight excluding hydrogens is 222 g/mol. The van der Waals surface area contributed by atoms with Gasteiger partial charge in [0, 0.05) is 30.1 Å². The molecular formula is C11H19N3OS. The second kappa shape index (κ2) is 5.72. The minimum atomic E-state index is 0.272. The van der Waals surface area contributed by atoms with E-state index in [1.165, 1.54) is 6.42 Å². The number of nitrogens with one attached hydrogen (secondary N) is 1. The fraction of sp³-hybridized carbons (Fsp3) is 0.727. The molecule has 90 valence electrons. The van der Waals surface area contributed by atoms with Crippen LogP contribution in [0.5, 0.6) is 0 Å². The summed E-state index contributed by atoms with van der Waals surface area (Å²) >= 11 is 1.70. The van der Waals surface area contributed by atoms with Crippen molar-refractivity contribution < 1.29 is 4.74 Å². The number of hydrogen-bond donors (Lipinski definition) is 2. The number of nitrogens with two attached hydrogens (primary N) is 1. The zero-order chi connectivity index (χ0) is 11.4. The Morgan fingerprint density at radius 2 is 2.62 bits per heavy atom. The van der Waals surface area contributed by atoms with Gasteiger partial charge in [-0.15, -0.1) is 11.3 Å². The predicted octanol–water partition coefficient (Wildman–Crippen LogP) is 1.40. The van der Waals surface area contributed by atoms with E-state index in [0.29, 0.717) is 6.10 Å². The molecule has 0 aliphatic carbocycles. The lowest BCUT2D eigenvalue weighted by atomic mass is 10.1. The van der Waals surface area contributed by atoms with E-state index in [2.05, 4.69) is 15.8 Å². The van der Waals surface area contributed by atoms with Gasteiger partial charge in [0.15, 0.2) is 0 Å². The molecule has 2 heterocycles. The average Bonchev–Trinajstić information content (AvgIpc) is 2.89. The standard InChI is InChI=1S/C11H19N3OS/c1-8-7-16-11(13-8)6-9(14-12)5-10-3-2-4-15-10/h7,9-10,14H,2-6,12H2,1H3. The first kappa shape index (κ1) is 12.0. The second-order valence-corrected chi connectivity index (χ2v) is 5.26. The van der Waals surface area contributed by atoms with Crippen molar-refractivity contribution in [2.45, 2.75) is 44.8 Å². The molecule has 0 radical (unpaired) electrons. The van der Waals surface area contributed by atoms with Crippen LogP contribution in [-0.4, -0.2) is 23.7 Å². The number of aromatic nitrogens is 1. The lowest BCUT2D eigenvalue weighted by Crippen LogP contribution is -2.39. The summed E-state index contributed by atoms with van der Waals surface area (Å²) in [6, 6.07) is 0.272. The molecule has 1 aliphatic heterocycles. The second-order valence-electron chi connectivity index (χ2n) is 4.32. The summed E-state index contributed by atoms with van der Waals surface area (Å²) in [5.74, 6) is 5.58. The number of rotatable bonds is 5. The highest BCUT2D eigenvalue weighted by Crippen LogP contribution is 2.19. The van der Waals surface area contributed by atoms with Crippen LogP contribution in [0.2, 0.25) is 0 Å². The highest BCUT2D eigenvalue weighted by Gasteiger charge is 2.21. The highest BCUT2D eigenvalue weighted by atomic mass is 32.1. The van der Waals surface area contributed by atoms with E-state index in [-0.39, 0.29) is 6.04 Å². The first-order valence-electron chi connectivity index (χ1n) is 5.76. The Morgan fingerprint density at radius 1 is 1.75 bits per heavy atom. The summed E-state index contributed by atoms with van der Waals surface area (Å²) < 4.78 is 5.62. The zero-order valence-corrected chi connectivity index (χ0v) is 10.4. The van der Waals surface area contributed by atoms with E-state index in [4.69, 9.17) is 10.6 Å². The maximum atomic E-state index is 5.62. The van der Waals surface area contributed by atoms with E-state index in [1.54, 1.807) is 11.3 Å². The predicted molar refractivity (Wildman–Crippen MR) is 65.3 cm³/mol. The molecule has 1 saturated heterocycles. The number of aryl methyl sites for hydroxylation is 1. The van der Waals surface area contributed by atoms with Crippen molar-refractivity contribution in [2.75, 3.05) is 6.61 Å². The van der Waals surface area contributed by atoms with E-state index >= 15 is 0 Å². The van der Waals surface area contributed by atoms with Crippen LogP contribution >= 0.6 is 11.3 Å². The monoisotopic (exact) mass is 241 g/mol. The third-order valence-electron chi connectivity index (χ3n) is 2.89. The van der Waals surface area contributed by atoms with Crippen LogP contribution in [0.4, 0.5) is 0 Å². The lowest BCUT2D eigenvalue weighted by Gasteiger charge is -2.18. The molecule has 3 N–H and O–H groups in total. The van der Waals surface area contributed by atoms with Crippen LogP contribution in [0.1, 0.15) is 30.0 Å². The molecule has 0 spiro atoms. The van der Waals surface area contributed by atoms with Crippen LogP contribution in [0.15, 0.2) is 5.38 Å². The van der Waals surface area contributed by atoms with Gasteiger partial charge in [-0.25, -0.2) is 4.98 Å². The maximum Gasteiger partial charge on any atom is 0.0944 e. The third-order valence-corrected chi connectivity index (χ3v) is 3.88. The minimum absolute atomic E-state index is 0.272. The van der Waals surface area contributed by atoms with Gasteiger partial charge in [0.1, 0.15) is 0 Å². The Labute approximate surface area is 100 Å². The van der Waals surface area contributed by atoms with Crippen LogP contribution in [0, 0.1) is 6.92 Å². The van der Waals surface area contributed by atoms with Crippen LogP contribution < -0.4 is 11.3 Å². The van der Waals surface area contributed by atoms with Gasteiger partial charge in [0.2, 0.25) is 0 Å². The molecule has 0 aromatic carbocycles. The van der Waals surface area contributed by atoms with E-state index in [9.17, 15) is 0 Å². The Balaban J connectivity index is 1.84. The third kappa shape index (κ3) is 3.25. The molecule has 1 aromatic heterocycles. The highest BCUT2D eigenvalue weighted by molar-refractivity contribution is 7.09. The van der Waals surface area contributed by atoms with Gasteiger partial charge in [-0.2, -0.15) is 0 Å². The van der Waals surface area contributed by atoms with E-state index in [1.807, 2.05) is 6.92 Å². The molecule has 16 heavy (non-hydrogen) atoms. The Kier molecular flexibility index (Phi) is 4.29. The lowest BCUT2D eigenvalue weighted by molar-refractivity contribution is 0.0946. The van der Waals surface area contributed by atoms with Gasteiger partial charge >= 0.3 is 0 Å². The fourth-order valence-corrected chi connectivity index (χ4v) is 2.92. The summed E-state index contributed by atoms with van der Waals surface area (Å²) in [5.41, 5.74) is 3.96. The molecule has 0 amide bonds. The molecule has 0 saturated carbocycles. The SMILES string of the molecule is Cc1csc(CC(CC2CCCO2)NN)n1. The molecule has 1 aromatic rings. The molecule has 2 unspecified atom stereocenters. The molecule has 5 heteroatoms. The normalized spacial score (nSPS) is 22.5. The summed E-state index contributed by atoms with van der Waals surface area (Å²) in [6.07, 6.45) is 4.60. The van der Waals surface area contributed by atoms with Gasteiger partial charge in [-0.05, 0) is 26.2 Å². The Morgan fingerprint density at radius 3 is 3.19 bits per heavy atom. The minimum Gasteiger partial charge on any atom is -0.378 e. The first-order chi connectivity index (χ1) is 7.78. The number of hydrogen-bond acceptors (Lipinski definition) is 5. The number of nitrogens with zero attached hydrogens (tertiary/aromatic N) is 1. The van der Waals surface area contributed by atoms with Gasteiger partial charge in [0.05, 0.1) is 11.1 Å². The van der Waals surface area contributed by atoms with Crippen LogP contribution in [0.3, 0.4) is 0 Å². The van der Waals surface area contributed by atoms with Crippen molar-refractivity contribution in [1.29, 1.82) is 0 Å². The number of ether oxygens (including phenoxy) is 1. The van der Waals surface area contributed by atoms with Crippen LogP contribution in [-0.2, 0) is 11.2 Å². The van der Waals surface area contributed by atoms with Gasteiger partial charge in [-0.1, -0.05) is 0 Å². The summed E-state index contributed by atoms with van der Waals surface area (Å²) in [6.45, 7) is 2.92. The van der Waals surface area contributed by atoms with E-state index < -0.39 is 0 Å². The number of hydrazine groups is 1. The van der Waals surface area contributed by atoms with Crippen molar-refractivity contribution in [3.8, 4) is 0 Å². The number of thiazole rings is 1. The van der Waals surface area contributed by atoms with Gasteiger partial charge in [0.25, 0.3) is 0 Å².